The van der Waals surface area contributed by atoms with Crippen LogP contribution in [0, 0.1) is 5.82 Å². The average molecular weight is 281 g/mol. The first kappa shape index (κ1) is 13.8. The average Bonchev–Trinajstić information content (AvgIpc) is 2.81. The number of fused-ring (bicyclic) bond motifs is 1. The molecule has 3 rings (SSSR count). The molecule has 110 valence electrons. The molecule has 2 heterocycles. The van der Waals surface area contributed by atoms with Crippen molar-refractivity contribution in [2.45, 2.75) is 31.0 Å². The summed E-state index contributed by atoms with van der Waals surface area (Å²) in [4.78, 5) is 0. The van der Waals surface area contributed by atoms with Gasteiger partial charge in [0.25, 0.3) is 0 Å². The van der Waals surface area contributed by atoms with Gasteiger partial charge in [-0.2, -0.15) is 0 Å². The molecule has 0 saturated carbocycles. The third-order valence-electron chi connectivity index (χ3n) is 4.01. The van der Waals surface area contributed by atoms with E-state index in [0.29, 0.717) is 45.6 Å². The lowest BCUT2D eigenvalue weighted by Gasteiger charge is -2.32. The van der Waals surface area contributed by atoms with Crippen LogP contribution in [0.5, 0.6) is 5.75 Å². The van der Waals surface area contributed by atoms with Crippen molar-refractivity contribution in [3.05, 3.63) is 29.6 Å². The van der Waals surface area contributed by atoms with Gasteiger partial charge in [-0.3, -0.25) is 0 Å². The minimum atomic E-state index is -0.671. The number of ether oxygens (including phenoxy) is 2. The van der Waals surface area contributed by atoms with Crippen LogP contribution in [0.25, 0.3) is 0 Å². The van der Waals surface area contributed by atoms with Gasteiger partial charge in [-0.1, -0.05) is 0 Å². The van der Waals surface area contributed by atoms with E-state index in [1.807, 2.05) is 0 Å². The molecule has 0 radical (unpaired) electrons. The Morgan fingerprint density at radius 3 is 2.95 bits per heavy atom. The number of hydrogen-bond donors (Lipinski definition) is 2. The number of rotatable bonds is 4. The summed E-state index contributed by atoms with van der Waals surface area (Å²) >= 11 is 0. The van der Waals surface area contributed by atoms with E-state index in [2.05, 4.69) is 5.32 Å². The lowest BCUT2D eigenvalue weighted by molar-refractivity contribution is -0.0620. The van der Waals surface area contributed by atoms with Gasteiger partial charge in [0, 0.05) is 51.1 Å². The van der Waals surface area contributed by atoms with Crippen LogP contribution >= 0.6 is 0 Å². The fraction of sp³-hybridized carbons (Fsp3) is 0.600. The van der Waals surface area contributed by atoms with E-state index in [0.717, 1.165) is 11.3 Å². The highest BCUT2D eigenvalue weighted by molar-refractivity contribution is 5.37. The summed E-state index contributed by atoms with van der Waals surface area (Å²) in [6.45, 7) is 2.42. The maximum atomic E-state index is 13.1. The molecule has 20 heavy (non-hydrogen) atoms. The highest BCUT2D eigenvalue weighted by atomic mass is 19.1. The predicted octanol–water partition coefficient (Wildman–Crippen LogP) is 1.26. The molecule has 1 aromatic rings. The van der Waals surface area contributed by atoms with Crippen molar-refractivity contribution in [1.82, 2.24) is 5.32 Å². The molecular weight excluding hydrogens is 261 g/mol. The Balaban J connectivity index is 1.46. The maximum absolute atomic E-state index is 13.1. The van der Waals surface area contributed by atoms with E-state index in [1.165, 1.54) is 12.1 Å². The van der Waals surface area contributed by atoms with Gasteiger partial charge in [0.05, 0.1) is 5.60 Å². The van der Waals surface area contributed by atoms with Crippen LogP contribution in [-0.4, -0.2) is 43.1 Å². The van der Waals surface area contributed by atoms with Crippen LogP contribution < -0.4 is 10.1 Å². The highest BCUT2D eigenvalue weighted by Gasteiger charge is 2.30. The molecule has 1 unspecified atom stereocenters. The molecule has 1 atom stereocenters. The predicted molar refractivity (Wildman–Crippen MR) is 72.4 cm³/mol. The smallest absolute Gasteiger partial charge is 0.123 e. The summed E-state index contributed by atoms with van der Waals surface area (Å²) in [6, 6.07) is 4.62. The first-order valence-electron chi connectivity index (χ1n) is 7.11. The Hall–Kier alpha value is -1.17. The molecule has 0 spiro atoms. The van der Waals surface area contributed by atoms with Gasteiger partial charge in [-0.15, -0.1) is 0 Å². The second-order valence-electron chi connectivity index (χ2n) is 5.66. The molecule has 2 aliphatic heterocycles. The van der Waals surface area contributed by atoms with E-state index in [9.17, 15) is 9.50 Å². The van der Waals surface area contributed by atoms with Crippen molar-refractivity contribution < 1.29 is 19.0 Å². The topological polar surface area (TPSA) is 50.7 Å². The second-order valence-corrected chi connectivity index (χ2v) is 5.66. The van der Waals surface area contributed by atoms with Crippen molar-refractivity contribution >= 4 is 0 Å². The normalized spacial score (nSPS) is 24.2. The molecule has 1 saturated heterocycles. The van der Waals surface area contributed by atoms with E-state index in [-0.39, 0.29) is 11.9 Å². The van der Waals surface area contributed by atoms with E-state index >= 15 is 0 Å². The summed E-state index contributed by atoms with van der Waals surface area (Å²) in [7, 11) is 0. The second kappa shape index (κ2) is 5.68. The molecule has 1 fully saturated rings. The summed E-state index contributed by atoms with van der Waals surface area (Å²) in [5, 5.41) is 13.6. The van der Waals surface area contributed by atoms with Crippen LogP contribution in [0.3, 0.4) is 0 Å². The number of halogens is 1. The van der Waals surface area contributed by atoms with Gasteiger partial charge in [0.15, 0.2) is 0 Å². The summed E-state index contributed by atoms with van der Waals surface area (Å²) < 4.78 is 24.1. The van der Waals surface area contributed by atoms with Crippen molar-refractivity contribution in [3.63, 3.8) is 0 Å². The van der Waals surface area contributed by atoms with Crippen LogP contribution in [0.4, 0.5) is 4.39 Å². The minimum Gasteiger partial charge on any atom is -0.488 e. The SMILES string of the molecule is OC1(CNCC2Cc3cc(F)ccc3O2)CCOCC1. The monoisotopic (exact) mass is 281 g/mol. The zero-order chi connectivity index (χ0) is 14.0. The van der Waals surface area contributed by atoms with Gasteiger partial charge in [-0.25, -0.2) is 4.39 Å². The molecule has 0 amide bonds. The zero-order valence-electron chi connectivity index (χ0n) is 11.4. The molecule has 2 aliphatic rings. The van der Waals surface area contributed by atoms with Gasteiger partial charge in [0.2, 0.25) is 0 Å². The summed E-state index contributed by atoms with van der Waals surface area (Å²) in [5.41, 5.74) is 0.247. The third kappa shape index (κ3) is 3.11. The number of aliphatic hydroxyl groups is 1. The Morgan fingerprint density at radius 1 is 1.35 bits per heavy atom. The van der Waals surface area contributed by atoms with Gasteiger partial charge >= 0.3 is 0 Å². The molecule has 2 N–H and O–H groups in total. The van der Waals surface area contributed by atoms with Gasteiger partial charge in [0.1, 0.15) is 17.7 Å². The van der Waals surface area contributed by atoms with Gasteiger partial charge < -0.3 is 19.9 Å². The van der Waals surface area contributed by atoms with E-state index in [1.54, 1.807) is 6.07 Å². The molecule has 0 aromatic heterocycles. The van der Waals surface area contributed by atoms with Crippen LogP contribution in [0.1, 0.15) is 18.4 Å². The molecule has 1 aromatic carbocycles. The van der Waals surface area contributed by atoms with Crippen molar-refractivity contribution in [3.8, 4) is 5.75 Å². The first-order chi connectivity index (χ1) is 9.65. The first-order valence-corrected chi connectivity index (χ1v) is 7.11. The van der Waals surface area contributed by atoms with E-state index in [4.69, 9.17) is 9.47 Å². The maximum Gasteiger partial charge on any atom is 0.123 e. The molecule has 4 nitrogen and oxygen atoms in total. The minimum absolute atomic E-state index is 0.00948. The summed E-state index contributed by atoms with van der Waals surface area (Å²) in [5.74, 6) is 0.542. The van der Waals surface area contributed by atoms with Crippen molar-refractivity contribution in [1.29, 1.82) is 0 Å². The molecule has 0 bridgehead atoms. The number of nitrogens with one attached hydrogen (secondary N) is 1. The number of hydrogen-bond acceptors (Lipinski definition) is 4. The summed E-state index contributed by atoms with van der Waals surface area (Å²) in [6.07, 6.45) is 2.05. The van der Waals surface area contributed by atoms with Crippen LogP contribution in [0.15, 0.2) is 18.2 Å². The van der Waals surface area contributed by atoms with Crippen LogP contribution in [-0.2, 0) is 11.2 Å². The fourth-order valence-corrected chi connectivity index (χ4v) is 2.80. The molecular formula is C15H20FNO3. The highest BCUT2D eigenvalue weighted by Crippen LogP contribution is 2.29. The lowest BCUT2D eigenvalue weighted by Crippen LogP contribution is -2.47. The number of benzene rings is 1. The molecule has 5 heteroatoms. The van der Waals surface area contributed by atoms with Crippen LogP contribution in [0.2, 0.25) is 0 Å². The Bertz CT molecular complexity index is 474. The Labute approximate surface area is 117 Å². The largest absolute Gasteiger partial charge is 0.488 e. The van der Waals surface area contributed by atoms with Crippen molar-refractivity contribution in [2.75, 3.05) is 26.3 Å². The third-order valence-corrected chi connectivity index (χ3v) is 4.01. The van der Waals surface area contributed by atoms with E-state index < -0.39 is 5.60 Å². The van der Waals surface area contributed by atoms with Gasteiger partial charge in [-0.05, 0) is 18.2 Å². The van der Waals surface area contributed by atoms with Crippen molar-refractivity contribution in [2.24, 2.45) is 0 Å². The standard InChI is InChI=1S/C15H20FNO3/c16-12-1-2-14-11(7-12)8-13(20-14)9-17-10-15(18)3-5-19-6-4-15/h1-2,7,13,17-18H,3-6,8-10H2. The lowest BCUT2D eigenvalue weighted by atomic mass is 9.94. The quantitative estimate of drug-likeness (QED) is 0.872. The zero-order valence-corrected chi connectivity index (χ0v) is 11.4. The fourth-order valence-electron chi connectivity index (χ4n) is 2.80. The Morgan fingerprint density at radius 2 is 2.15 bits per heavy atom. The molecule has 0 aliphatic carbocycles. The Kier molecular flexibility index (Phi) is 3.92.